The summed E-state index contributed by atoms with van der Waals surface area (Å²) < 4.78 is 16.0. The number of furan rings is 1. The van der Waals surface area contributed by atoms with Crippen LogP contribution in [-0.2, 0) is 9.59 Å². The Morgan fingerprint density at radius 2 is 1.93 bits per heavy atom. The number of rotatable bonds is 4. The molecule has 0 bridgehead atoms. The zero-order valence-corrected chi connectivity index (χ0v) is 16.4. The zero-order valence-electron chi connectivity index (χ0n) is 15.6. The predicted molar refractivity (Wildman–Crippen MR) is 105 cm³/mol. The Bertz CT molecular complexity index is 1060. The van der Waals surface area contributed by atoms with Gasteiger partial charge < -0.3 is 19.6 Å². The van der Waals surface area contributed by atoms with Crippen LogP contribution >= 0.6 is 11.8 Å². The number of nitriles is 1. The van der Waals surface area contributed by atoms with Gasteiger partial charge in [-0.15, -0.1) is 0 Å². The highest BCUT2D eigenvalue weighted by Crippen LogP contribution is 2.51. The highest BCUT2D eigenvalue weighted by atomic mass is 32.2. The third kappa shape index (κ3) is 2.84. The molecule has 0 saturated carbocycles. The molecule has 0 spiro atoms. The van der Waals surface area contributed by atoms with Crippen LogP contribution in [0.2, 0.25) is 0 Å². The highest BCUT2D eigenvalue weighted by molar-refractivity contribution is 8.04. The number of carbonyl (C=O) groups is 2. The Morgan fingerprint density at radius 3 is 2.55 bits per heavy atom. The molecule has 1 saturated heterocycles. The summed E-state index contributed by atoms with van der Waals surface area (Å²) in [4.78, 5) is 27.7. The second kappa shape index (κ2) is 7.22. The first-order valence-electron chi connectivity index (χ1n) is 8.71. The van der Waals surface area contributed by atoms with E-state index in [1.807, 2.05) is 0 Å². The van der Waals surface area contributed by atoms with Gasteiger partial charge in [-0.25, -0.2) is 4.90 Å². The largest absolute Gasteiger partial charge is 0.493 e. The number of thioether (sulfide) groups is 1. The molecule has 4 rings (SSSR count). The Balaban J connectivity index is 1.80. The topological polar surface area (TPSA) is 119 Å². The van der Waals surface area contributed by atoms with Crippen molar-refractivity contribution >= 4 is 29.3 Å². The van der Waals surface area contributed by atoms with E-state index in [1.165, 1.54) is 20.5 Å². The number of imide groups is 1. The van der Waals surface area contributed by atoms with E-state index in [1.54, 1.807) is 30.3 Å². The van der Waals surface area contributed by atoms with Crippen LogP contribution in [0.4, 0.5) is 5.69 Å². The molecule has 9 heteroatoms. The lowest BCUT2D eigenvalue weighted by atomic mass is 9.82. The Morgan fingerprint density at radius 1 is 1.17 bits per heavy atom. The van der Waals surface area contributed by atoms with Crippen molar-refractivity contribution in [2.45, 2.75) is 11.2 Å². The van der Waals surface area contributed by atoms with E-state index in [-0.39, 0.29) is 10.6 Å². The molecule has 3 atom stereocenters. The minimum atomic E-state index is -0.798. The van der Waals surface area contributed by atoms with Gasteiger partial charge in [-0.05, 0) is 24.3 Å². The van der Waals surface area contributed by atoms with Gasteiger partial charge in [-0.1, -0.05) is 11.8 Å². The fourth-order valence-electron chi connectivity index (χ4n) is 3.77. The lowest BCUT2D eigenvalue weighted by Gasteiger charge is -2.28. The average molecular weight is 411 g/mol. The molecule has 0 aliphatic carbocycles. The van der Waals surface area contributed by atoms with Gasteiger partial charge in [0.05, 0.1) is 54.7 Å². The summed E-state index contributed by atoms with van der Waals surface area (Å²) in [5.74, 6) is -1.03. The van der Waals surface area contributed by atoms with Crippen molar-refractivity contribution in [2.75, 3.05) is 19.1 Å². The van der Waals surface area contributed by atoms with Crippen molar-refractivity contribution < 1.29 is 23.5 Å². The molecule has 2 N–H and O–H groups in total. The molecule has 2 aromatic rings. The second-order valence-electron chi connectivity index (χ2n) is 6.50. The summed E-state index contributed by atoms with van der Waals surface area (Å²) in [6.07, 6.45) is 1.46. The zero-order chi connectivity index (χ0) is 20.7. The number of allylic oxidation sites excluding steroid dienone is 1. The molecule has 1 aromatic carbocycles. The minimum Gasteiger partial charge on any atom is -0.493 e. The third-order valence-corrected chi connectivity index (χ3v) is 6.30. The maximum atomic E-state index is 13.4. The number of hydrogen-bond acceptors (Lipinski definition) is 8. The van der Waals surface area contributed by atoms with Crippen LogP contribution in [0.5, 0.6) is 11.5 Å². The van der Waals surface area contributed by atoms with Crippen molar-refractivity contribution in [3.63, 3.8) is 0 Å². The summed E-state index contributed by atoms with van der Waals surface area (Å²) in [7, 11) is 2.97. The molecule has 3 heterocycles. The van der Waals surface area contributed by atoms with Crippen LogP contribution in [0.3, 0.4) is 0 Å². The summed E-state index contributed by atoms with van der Waals surface area (Å²) >= 11 is 1.04. The molecule has 3 unspecified atom stereocenters. The molecule has 1 aromatic heterocycles. The van der Waals surface area contributed by atoms with E-state index in [4.69, 9.17) is 19.6 Å². The minimum absolute atomic E-state index is 0.227. The number of anilines is 1. The van der Waals surface area contributed by atoms with Gasteiger partial charge in [-0.3, -0.25) is 9.59 Å². The normalized spacial score (nSPS) is 23.8. The van der Waals surface area contributed by atoms with Gasteiger partial charge in [0.15, 0.2) is 11.5 Å². The fourth-order valence-corrected chi connectivity index (χ4v) is 4.97. The van der Waals surface area contributed by atoms with Crippen LogP contribution < -0.4 is 20.1 Å². The molecule has 2 amide bonds. The van der Waals surface area contributed by atoms with Gasteiger partial charge in [-0.2, -0.15) is 5.26 Å². The maximum Gasteiger partial charge on any atom is 0.248 e. The van der Waals surface area contributed by atoms with Crippen molar-refractivity contribution in [2.24, 2.45) is 11.7 Å². The summed E-state index contributed by atoms with van der Waals surface area (Å²) in [5, 5.41) is 9.11. The van der Waals surface area contributed by atoms with Crippen LogP contribution in [0.1, 0.15) is 11.7 Å². The number of hydrogen-bond donors (Lipinski definition) is 1. The summed E-state index contributed by atoms with van der Waals surface area (Å²) in [6.45, 7) is 0. The third-order valence-electron chi connectivity index (χ3n) is 5.08. The first kappa shape index (κ1) is 19.0. The quantitative estimate of drug-likeness (QED) is 0.762. The van der Waals surface area contributed by atoms with Crippen molar-refractivity contribution in [3.05, 3.63) is 53.0 Å². The standard InChI is InChI=1S/C20H17N3O5S/c1-26-12-6-5-10(8-14(12)27-2)23-19(24)16-15(13-4-3-7-28-13)11(9-21)18(22)29-17(16)20(23)25/h3-8,15-17H,22H2,1-2H3. The van der Waals surface area contributed by atoms with Crippen LogP contribution in [0, 0.1) is 17.2 Å². The van der Waals surface area contributed by atoms with Crippen LogP contribution in [0.25, 0.3) is 0 Å². The molecular formula is C20H17N3O5S. The maximum absolute atomic E-state index is 13.4. The van der Waals surface area contributed by atoms with Crippen molar-refractivity contribution in [1.29, 1.82) is 5.26 Å². The Kier molecular flexibility index (Phi) is 4.72. The smallest absolute Gasteiger partial charge is 0.248 e. The highest BCUT2D eigenvalue weighted by Gasteiger charge is 2.56. The monoisotopic (exact) mass is 411 g/mol. The molecule has 1 fully saturated rings. The lowest BCUT2D eigenvalue weighted by molar-refractivity contribution is -0.122. The Labute approximate surface area is 170 Å². The van der Waals surface area contributed by atoms with E-state index < -0.39 is 28.9 Å². The number of nitrogens with zero attached hydrogens (tertiary/aromatic N) is 2. The number of ether oxygens (including phenoxy) is 2. The average Bonchev–Trinajstić information content (AvgIpc) is 3.34. The SMILES string of the molecule is COc1ccc(N2C(=O)C3SC(N)=C(C#N)C(c4ccco4)C3C2=O)cc1OC. The van der Waals surface area contributed by atoms with Gasteiger partial charge in [0, 0.05) is 6.07 Å². The van der Waals surface area contributed by atoms with Gasteiger partial charge in [0.2, 0.25) is 11.8 Å². The van der Waals surface area contributed by atoms with Gasteiger partial charge in [0.25, 0.3) is 0 Å². The molecular weight excluding hydrogens is 394 g/mol. The predicted octanol–water partition coefficient (Wildman–Crippen LogP) is 2.38. The number of carbonyl (C=O) groups excluding carboxylic acids is 2. The summed E-state index contributed by atoms with van der Waals surface area (Å²) in [5.41, 5.74) is 6.68. The molecule has 2 aliphatic heterocycles. The van der Waals surface area contributed by atoms with Gasteiger partial charge >= 0.3 is 0 Å². The molecule has 148 valence electrons. The van der Waals surface area contributed by atoms with E-state index in [2.05, 4.69) is 6.07 Å². The van der Waals surface area contributed by atoms with Crippen LogP contribution in [-0.4, -0.2) is 31.3 Å². The van der Waals surface area contributed by atoms with E-state index in [9.17, 15) is 14.9 Å². The van der Waals surface area contributed by atoms with E-state index >= 15 is 0 Å². The molecule has 0 radical (unpaired) electrons. The van der Waals surface area contributed by atoms with E-state index in [0.29, 0.717) is 22.9 Å². The fraction of sp³-hybridized carbons (Fsp3) is 0.250. The van der Waals surface area contributed by atoms with Crippen LogP contribution in [0.15, 0.2) is 51.6 Å². The summed E-state index contributed by atoms with van der Waals surface area (Å²) in [6, 6.07) is 10.2. The number of fused-ring (bicyclic) bond motifs is 1. The molecule has 8 nitrogen and oxygen atoms in total. The Hall–Kier alpha value is -3.38. The number of methoxy groups -OCH3 is 2. The number of amides is 2. The first-order valence-corrected chi connectivity index (χ1v) is 9.59. The number of benzene rings is 1. The molecule has 29 heavy (non-hydrogen) atoms. The van der Waals surface area contributed by atoms with E-state index in [0.717, 1.165) is 16.7 Å². The van der Waals surface area contributed by atoms with Gasteiger partial charge in [0.1, 0.15) is 11.0 Å². The lowest BCUT2D eigenvalue weighted by Crippen LogP contribution is -2.33. The van der Waals surface area contributed by atoms with Crippen molar-refractivity contribution in [1.82, 2.24) is 0 Å². The molecule has 2 aliphatic rings. The first-order chi connectivity index (χ1) is 14.0. The number of nitrogens with two attached hydrogens (primary N) is 1. The second-order valence-corrected chi connectivity index (χ2v) is 7.68. The van der Waals surface area contributed by atoms with Crippen molar-refractivity contribution in [3.8, 4) is 17.6 Å².